The molecule has 130 valence electrons. The minimum absolute atomic E-state index is 0.103. The van der Waals surface area contributed by atoms with Gasteiger partial charge in [-0.3, -0.25) is 9.69 Å². The predicted octanol–water partition coefficient (Wildman–Crippen LogP) is 3.19. The number of rotatable bonds is 3. The minimum atomic E-state index is -0.371. The molecular weight excluding hydrogens is 304 g/mol. The number of ether oxygens (including phenoxy) is 1. The van der Waals surface area contributed by atoms with Crippen molar-refractivity contribution in [3.05, 3.63) is 35.9 Å². The van der Waals surface area contributed by atoms with Crippen molar-refractivity contribution in [2.45, 2.75) is 51.2 Å². The van der Waals surface area contributed by atoms with E-state index in [0.29, 0.717) is 6.54 Å². The van der Waals surface area contributed by atoms with Gasteiger partial charge in [-0.15, -0.1) is 0 Å². The van der Waals surface area contributed by atoms with E-state index in [2.05, 4.69) is 0 Å². The highest BCUT2D eigenvalue weighted by Gasteiger charge is 2.37. The fraction of sp³-hybridized carbons (Fsp3) is 0.579. The zero-order valence-corrected chi connectivity index (χ0v) is 14.2. The average Bonchev–Trinajstić information content (AvgIpc) is 2.95. The lowest BCUT2D eigenvalue weighted by Crippen LogP contribution is -2.48. The molecule has 0 spiro atoms. The average molecular weight is 330 g/mol. The fourth-order valence-electron chi connectivity index (χ4n) is 3.55. The molecule has 3 rings (SSSR count). The number of carbonyl (C=O) groups is 2. The van der Waals surface area contributed by atoms with Crippen molar-refractivity contribution in [3.8, 4) is 0 Å². The third-order valence-corrected chi connectivity index (χ3v) is 4.90. The molecule has 1 atom stereocenters. The Labute approximate surface area is 143 Å². The molecule has 0 unspecified atom stereocenters. The van der Waals surface area contributed by atoms with E-state index in [1.165, 1.54) is 12.8 Å². The number of carbonyl (C=O) groups excluding carboxylic acids is 2. The Kier molecular flexibility index (Phi) is 5.72. The van der Waals surface area contributed by atoms with Crippen LogP contribution in [-0.2, 0) is 16.1 Å². The quantitative estimate of drug-likeness (QED) is 0.855. The van der Waals surface area contributed by atoms with Crippen LogP contribution in [0.1, 0.15) is 44.1 Å². The molecule has 2 fully saturated rings. The smallest absolute Gasteiger partial charge is 0.410 e. The summed E-state index contributed by atoms with van der Waals surface area (Å²) in [4.78, 5) is 28.8. The summed E-state index contributed by atoms with van der Waals surface area (Å²) < 4.78 is 5.42. The van der Waals surface area contributed by atoms with E-state index < -0.39 is 0 Å². The van der Waals surface area contributed by atoms with Gasteiger partial charge in [0.2, 0.25) is 5.91 Å². The summed E-state index contributed by atoms with van der Waals surface area (Å²) in [5.41, 5.74) is 0.959. The minimum Gasteiger partial charge on any atom is -0.445 e. The summed E-state index contributed by atoms with van der Waals surface area (Å²) in [6, 6.07) is 9.29. The van der Waals surface area contributed by atoms with Crippen molar-refractivity contribution in [2.24, 2.45) is 0 Å². The van der Waals surface area contributed by atoms with Crippen LogP contribution in [0.15, 0.2) is 30.3 Å². The van der Waals surface area contributed by atoms with Crippen molar-refractivity contribution >= 4 is 12.0 Å². The standard InChI is InChI=1S/C19H26N2O3/c22-18(20-12-6-1-2-7-13-20)17-11-8-14-21(17)19(23)24-15-16-9-4-3-5-10-16/h3-5,9-10,17H,1-2,6-8,11-15H2/t17-/m1/s1. The third-order valence-electron chi connectivity index (χ3n) is 4.90. The van der Waals surface area contributed by atoms with Crippen LogP contribution in [0, 0.1) is 0 Å². The van der Waals surface area contributed by atoms with Gasteiger partial charge in [-0.1, -0.05) is 43.2 Å². The highest BCUT2D eigenvalue weighted by atomic mass is 16.6. The zero-order valence-electron chi connectivity index (χ0n) is 14.2. The summed E-state index contributed by atoms with van der Waals surface area (Å²) in [7, 11) is 0. The van der Waals surface area contributed by atoms with E-state index in [4.69, 9.17) is 4.74 Å². The summed E-state index contributed by atoms with van der Waals surface area (Å²) in [5, 5.41) is 0. The Morgan fingerprint density at radius 1 is 0.958 bits per heavy atom. The van der Waals surface area contributed by atoms with Crippen LogP contribution < -0.4 is 0 Å². The Morgan fingerprint density at radius 2 is 1.67 bits per heavy atom. The van der Waals surface area contributed by atoms with Gasteiger partial charge < -0.3 is 9.64 Å². The maximum absolute atomic E-state index is 12.8. The molecule has 2 aliphatic heterocycles. The van der Waals surface area contributed by atoms with Crippen LogP contribution in [0.3, 0.4) is 0 Å². The molecule has 0 saturated carbocycles. The Balaban J connectivity index is 1.57. The van der Waals surface area contributed by atoms with Gasteiger partial charge in [0.15, 0.2) is 0 Å². The maximum atomic E-state index is 12.8. The van der Waals surface area contributed by atoms with Crippen LogP contribution >= 0.6 is 0 Å². The van der Waals surface area contributed by atoms with Crippen LogP contribution in [0.2, 0.25) is 0 Å². The van der Waals surface area contributed by atoms with Crippen LogP contribution in [0.25, 0.3) is 0 Å². The van der Waals surface area contributed by atoms with Gasteiger partial charge in [0.25, 0.3) is 0 Å². The van der Waals surface area contributed by atoms with Gasteiger partial charge in [0, 0.05) is 19.6 Å². The van der Waals surface area contributed by atoms with Crippen molar-refractivity contribution in [3.63, 3.8) is 0 Å². The first-order valence-corrected chi connectivity index (χ1v) is 9.02. The molecule has 2 amide bonds. The lowest BCUT2D eigenvalue weighted by molar-refractivity contribution is -0.135. The van der Waals surface area contributed by atoms with Gasteiger partial charge >= 0.3 is 6.09 Å². The van der Waals surface area contributed by atoms with Gasteiger partial charge in [-0.05, 0) is 31.2 Å². The van der Waals surface area contributed by atoms with Crippen molar-refractivity contribution in [1.29, 1.82) is 0 Å². The first-order valence-electron chi connectivity index (χ1n) is 9.02. The van der Waals surface area contributed by atoms with Crippen LogP contribution in [0.4, 0.5) is 4.79 Å². The molecule has 2 saturated heterocycles. The number of amides is 2. The van der Waals surface area contributed by atoms with E-state index in [0.717, 1.165) is 44.3 Å². The summed E-state index contributed by atoms with van der Waals surface area (Å²) in [6.45, 7) is 2.50. The molecule has 0 N–H and O–H groups in total. The SMILES string of the molecule is O=C([C@H]1CCCN1C(=O)OCc1ccccc1)N1CCCCCC1. The summed E-state index contributed by atoms with van der Waals surface area (Å²) in [6.07, 6.45) is 5.76. The normalized spacial score (nSPS) is 21.4. The highest BCUT2D eigenvalue weighted by molar-refractivity contribution is 5.86. The van der Waals surface area contributed by atoms with E-state index >= 15 is 0 Å². The molecule has 5 nitrogen and oxygen atoms in total. The first kappa shape index (κ1) is 16.8. The van der Waals surface area contributed by atoms with Gasteiger partial charge in [0.1, 0.15) is 12.6 Å². The Bertz CT molecular complexity index is 553. The van der Waals surface area contributed by atoms with Crippen molar-refractivity contribution < 1.29 is 14.3 Å². The molecule has 5 heteroatoms. The van der Waals surface area contributed by atoms with Gasteiger partial charge in [-0.2, -0.15) is 0 Å². The van der Waals surface area contributed by atoms with E-state index in [1.54, 1.807) is 4.90 Å². The first-order chi connectivity index (χ1) is 11.8. The molecule has 0 radical (unpaired) electrons. The predicted molar refractivity (Wildman–Crippen MR) is 91.4 cm³/mol. The molecular formula is C19H26N2O3. The number of benzene rings is 1. The maximum Gasteiger partial charge on any atom is 0.410 e. The molecule has 24 heavy (non-hydrogen) atoms. The molecule has 1 aromatic carbocycles. The fourth-order valence-corrected chi connectivity index (χ4v) is 3.55. The summed E-state index contributed by atoms with van der Waals surface area (Å²) in [5.74, 6) is 0.103. The lowest BCUT2D eigenvalue weighted by Gasteiger charge is -2.29. The van der Waals surface area contributed by atoms with Crippen molar-refractivity contribution in [2.75, 3.05) is 19.6 Å². The zero-order chi connectivity index (χ0) is 16.8. The second kappa shape index (κ2) is 8.18. The number of nitrogens with zero attached hydrogens (tertiary/aromatic N) is 2. The van der Waals surface area contributed by atoms with Crippen molar-refractivity contribution in [1.82, 2.24) is 9.80 Å². The molecule has 2 heterocycles. The number of likely N-dealkylation sites (tertiary alicyclic amines) is 2. The number of hydrogen-bond donors (Lipinski definition) is 0. The summed E-state index contributed by atoms with van der Waals surface area (Å²) >= 11 is 0. The lowest BCUT2D eigenvalue weighted by atomic mass is 10.2. The molecule has 1 aromatic rings. The molecule has 0 aromatic heterocycles. The third kappa shape index (κ3) is 4.08. The highest BCUT2D eigenvalue weighted by Crippen LogP contribution is 2.22. The molecule has 0 bridgehead atoms. The molecule has 2 aliphatic rings. The molecule has 0 aliphatic carbocycles. The monoisotopic (exact) mass is 330 g/mol. The van der Waals surface area contributed by atoms with E-state index in [-0.39, 0.29) is 24.6 Å². The second-order valence-electron chi connectivity index (χ2n) is 6.63. The second-order valence-corrected chi connectivity index (χ2v) is 6.63. The Hall–Kier alpha value is -2.04. The largest absolute Gasteiger partial charge is 0.445 e. The van der Waals surface area contributed by atoms with Gasteiger partial charge in [-0.25, -0.2) is 4.79 Å². The number of hydrogen-bond acceptors (Lipinski definition) is 3. The van der Waals surface area contributed by atoms with Crippen LogP contribution in [-0.4, -0.2) is 47.5 Å². The van der Waals surface area contributed by atoms with Crippen LogP contribution in [0.5, 0.6) is 0 Å². The Morgan fingerprint density at radius 3 is 2.38 bits per heavy atom. The van der Waals surface area contributed by atoms with Gasteiger partial charge in [0.05, 0.1) is 0 Å². The topological polar surface area (TPSA) is 49.9 Å². The van der Waals surface area contributed by atoms with E-state index in [1.807, 2.05) is 35.2 Å². The van der Waals surface area contributed by atoms with E-state index in [9.17, 15) is 9.59 Å².